The van der Waals surface area contributed by atoms with Gasteiger partial charge in [0.1, 0.15) is 17.9 Å². The van der Waals surface area contributed by atoms with Gasteiger partial charge in [0.15, 0.2) is 0 Å². The van der Waals surface area contributed by atoms with Crippen LogP contribution in [-0.2, 0) is 21.7 Å². The summed E-state index contributed by atoms with van der Waals surface area (Å²) in [5.74, 6) is -1.42. The summed E-state index contributed by atoms with van der Waals surface area (Å²) >= 11 is 1.52. The van der Waals surface area contributed by atoms with Gasteiger partial charge in [-0.25, -0.2) is 9.18 Å². The molecule has 3 rings (SSSR count). The van der Waals surface area contributed by atoms with Gasteiger partial charge >= 0.3 is 6.03 Å². The highest BCUT2D eigenvalue weighted by molar-refractivity contribution is 7.07. The third-order valence-electron chi connectivity index (χ3n) is 4.07. The van der Waals surface area contributed by atoms with Gasteiger partial charge in [0.2, 0.25) is 5.91 Å². The Morgan fingerprint density at radius 2 is 2.00 bits per heavy atom. The van der Waals surface area contributed by atoms with E-state index in [9.17, 15) is 18.8 Å². The average Bonchev–Trinajstić information content (AvgIpc) is 3.17. The van der Waals surface area contributed by atoms with Crippen LogP contribution < -0.4 is 10.6 Å². The van der Waals surface area contributed by atoms with Gasteiger partial charge in [-0.15, -0.1) is 0 Å². The molecule has 1 aromatic heterocycles. The van der Waals surface area contributed by atoms with E-state index >= 15 is 0 Å². The molecule has 2 aromatic rings. The van der Waals surface area contributed by atoms with Crippen LogP contribution in [0.5, 0.6) is 0 Å². The van der Waals surface area contributed by atoms with Gasteiger partial charge in [0, 0.05) is 6.54 Å². The zero-order valence-corrected chi connectivity index (χ0v) is 14.2. The van der Waals surface area contributed by atoms with Gasteiger partial charge < -0.3 is 10.6 Å². The summed E-state index contributed by atoms with van der Waals surface area (Å²) in [7, 11) is 0. The first-order chi connectivity index (χ1) is 11.9. The Hall–Kier alpha value is -2.74. The van der Waals surface area contributed by atoms with Crippen LogP contribution in [0.25, 0.3) is 0 Å². The van der Waals surface area contributed by atoms with E-state index in [1.165, 1.54) is 42.5 Å². The minimum absolute atomic E-state index is 0.335. The number of hydrogen-bond donors (Lipinski definition) is 2. The Bertz CT molecular complexity index is 807. The smallest absolute Gasteiger partial charge is 0.325 e. The highest BCUT2D eigenvalue weighted by Crippen LogP contribution is 2.28. The van der Waals surface area contributed by atoms with Crippen molar-refractivity contribution in [2.24, 2.45) is 0 Å². The number of nitrogens with one attached hydrogen (secondary N) is 2. The van der Waals surface area contributed by atoms with Gasteiger partial charge in [-0.3, -0.25) is 14.5 Å². The number of amides is 4. The van der Waals surface area contributed by atoms with Crippen molar-refractivity contribution in [1.29, 1.82) is 0 Å². The van der Waals surface area contributed by atoms with Crippen molar-refractivity contribution in [1.82, 2.24) is 15.5 Å². The molecule has 25 heavy (non-hydrogen) atoms. The number of urea groups is 1. The number of benzene rings is 1. The Morgan fingerprint density at radius 3 is 2.64 bits per heavy atom. The van der Waals surface area contributed by atoms with Crippen molar-refractivity contribution >= 4 is 29.2 Å². The van der Waals surface area contributed by atoms with E-state index in [-0.39, 0.29) is 6.54 Å². The number of nitrogens with zero attached hydrogens (tertiary/aromatic N) is 1. The molecule has 1 aliphatic rings. The van der Waals surface area contributed by atoms with Crippen LogP contribution in [0.3, 0.4) is 0 Å². The van der Waals surface area contributed by atoms with E-state index in [0.717, 1.165) is 10.5 Å². The van der Waals surface area contributed by atoms with Crippen molar-refractivity contribution in [3.8, 4) is 0 Å². The zero-order chi connectivity index (χ0) is 18.0. The molecule has 0 radical (unpaired) electrons. The van der Waals surface area contributed by atoms with E-state index in [1.807, 2.05) is 16.8 Å². The number of rotatable bonds is 5. The van der Waals surface area contributed by atoms with E-state index < -0.39 is 29.2 Å². The summed E-state index contributed by atoms with van der Waals surface area (Å²) < 4.78 is 13.1. The van der Waals surface area contributed by atoms with Gasteiger partial charge in [0.25, 0.3) is 5.91 Å². The molecule has 130 valence electrons. The number of thiophene rings is 1. The van der Waals surface area contributed by atoms with Crippen LogP contribution in [0.15, 0.2) is 41.1 Å². The van der Waals surface area contributed by atoms with Gasteiger partial charge in [-0.05, 0) is 47.0 Å². The highest BCUT2D eigenvalue weighted by Gasteiger charge is 2.49. The maximum atomic E-state index is 13.1. The molecule has 2 heterocycles. The van der Waals surface area contributed by atoms with Crippen LogP contribution in [0.1, 0.15) is 18.1 Å². The topological polar surface area (TPSA) is 78.5 Å². The monoisotopic (exact) mass is 361 g/mol. The second kappa shape index (κ2) is 6.64. The number of hydrogen-bond acceptors (Lipinski definition) is 4. The molecule has 0 aliphatic carbocycles. The molecule has 2 N–H and O–H groups in total. The normalized spacial score (nSPS) is 19.8. The Labute approximate surface area is 147 Å². The number of carbonyl (C=O) groups is 3. The molecule has 8 heteroatoms. The predicted octanol–water partition coefficient (Wildman–Crippen LogP) is 1.97. The summed E-state index contributed by atoms with van der Waals surface area (Å²) in [5.41, 5.74) is 0.0819. The Kier molecular flexibility index (Phi) is 4.54. The lowest BCUT2D eigenvalue weighted by atomic mass is 9.92. The van der Waals surface area contributed by atoms with E-state index in [2.05, 4.69) is 10.6 Å². The molecule has 1 atom stereocenters. The summed E-state index contributed by atoms with van der Waals surface area (Å²) in [5, 5.41) is 9.05. The van der Waals surface area contributed by atoms with Gasteiger partial charge in [0.05, 0.1) is 0 Å². The lowest BCUT2D eigenvalue weighted by Crippen LogP contribution is -2.43. The molecule has 1 fully saturated rings. The van der Waals surface area contributed by atoms with Crippen molar-refractivity contribution in [3.63, 3.8) is 0 Å². The molecule has 1 saturated heterocycles. The molecule has 1 aliphatic heterocycles. The second-order valence-corrected chi connectivity index (χ2v) is 6.64. The summed E-state index contributed by atoms with van der Waals surface area (Å²) in [4.78, 5) is 37.7. The molecular weight excluding hydrogens is 345 g/mol. The first-order valence-corrected chi connectivity index (χ1v) is 8.52. The molecular formula is C17H16FN3O3S. The quantitative estimate of drug-likeness (QED) is 0.800. The zero-order valence-electron chi connectivity index (χ0n) is 13.4. The van der Waals surface area contributed by atoms with E-state index in [1.54, 1.807) is 0 Å². The van der Waals surface area contributed by atoms with E-state index in [0.29, 0.717) is 12.1 Å². The van der Waals surface area contributed by atoms with Crippen LogP contribution in [0.2, 0.25) is 0 Å². The van der Waals surface area contributed by atoms with Gasteiger partial charge in [-0.2, -0.15) is 11.3 Å². The third kappa shape index (κ3) is 3.39. The summed E-state index contributed by atoms with van der Waals surface area (Å²) in [6, 6.07) is 6.54. The molecule has 4 amide bonds. The lowest BCUT2D eigenvalue weighted by molar-refractivity contribution is -0.134. The fraction of sp³-hybridized carbons (Fsp3) is 0.235. The van der Waals surface area contributed by atoms with Crippen molar-refractivity contribution in [2.45, 2.75) is 19.0 Å². The molecule has 1 aromatic carbocycles. The second-order valence-electron chi connectivity index (χ2n) is 5.86. The van der Waals surface area contributed by atoms with E-state index in [4.69, 9.17) is 0 Å². The van der Waals surface area contributed by atoms with Gasteiger partial charge in [-0.1, -0.05) is 12.1 Å². The standard InChI is InChI=1S/C17H16FN3O3S/c1-17(12-2-4-13(18)5-3-12)15(23)21(16(24)20-17)9-14(22)19-8-11-6-7-25-10-11/h2-7,10H,8-9H2,1H3,(H,19,22)(H,20,24). The van der Waals surface area contributed by atoms with Crippen molar-refractivity contribution < 1.29 is 18.8 Å². The van der Waals surface area contributed by atoms with Crippen LogP contribution in [0.4, 0.5) is 9.18 Å². The first kappa shape index (κ1) is 17.1. The molecule has 1 unspecified atom stereocenters. The molecule has 6 nitrogen and oxygen atoms in total. The largest absolute Gasteiger partial charge is 0.350 e. The van der Waals surface area contributed by atoms with Crippen LogP contribution in [-0.4, -0.2) is 29.3 Å². The van der Waals surface area contributed by atoms with Crippen LogP contribution >= 0.6 is 11.3 Å². The molecule has 0 bridgehead atoms. The summed E-state index contributed by atoms with van der Waals surface area (Å²) in [6.45, 7) is 1.50. The highest BCUT2D eigenvalue weighted by atomic mass is 32.1. The maximum Gasteiger partial charge on any atom is 0.325 e. The summed E-state index contributed by atoms with van der Waals surface area (Å²) in [6.07, 6.45) is 0. The predicted molar refractivity (Wildman–Crippen MR) is 90.2 cm³/mol. The minimum Gasteiger partial charge on any atom is -0.350 e. The SMILES string of the molecule is CC1(c2ccc(F)cc2)NC(=O)N(CC(=O)NCc2ccsc2)C1=O. The number of carbonyl (C=O) groups excluding carboxylic acids is 3. The third-order valence-corrected chi connectivity index (χ3v) is 4.80. The Morgan fingerprint density at radius 1 is 1.28 bits per heavy atom. The fourth-order valence-corrected chi connectivity index (χ4v) is 3.28. The van der Waals surface area contributed by atoms with Crippen molar-refractivity contribution in [2.75, 3.05) is 6.54 Å². The lowest BCUT2D eigenvalue weighted by Gasteiger charge is -2.22. The number of imide groups is 1. The Balaban J connectivity index is 1.68. The fourth-order valence-electron chi connectivity index (χ4n) is 2.61. The minimum atomic E-state index is -1.32. The first-order valence-electron chi connectivity index (χ1n) is 7.58. The molecule has 0 spiro atoms. The number of halogens is 1. The van der Waals surface area contributed by atoms with Crippen LogP contribution in [0, 0.1) is 5.82 Å². The molecule has 0 saturated carbocycles. The maximum absolute atomic E-state index is 13.1. The van der Waals surface area contributed by atoms with Crippen molar-refractivity contribution in [3.05, 3.63) is 58.0 Å². The average molecular weight is 361 g/mol.